The van der Waals surface area contributed by atoms with Gasteiger partial charge in [0.25, 0.3) is 0 Å². The van der Waals surface area contributed by atoms with Crippen molar-refractivity contribution in [1.82, 2.24) is 10.3 Å². The van der Waals surface area contributed by atoms with Gasteiger partial charge in [-0.1, -0.05) is 30.3 Å². The zero-order valence-electron chi connectivity index (χ0n) is 9.10. The molecule has 0 bridgehead atoms. The molecule has 1 rings (SSSR count). The standard InChI is InChI=1S/C11H17N3O/c1-9(2)13-11(15)14(12)8-10-6-4-3-5-7-10/h3-7,9H,8,12H2,1-2H3,(H,13,15). The van der Waals surface area contributed by atoms with Gasteiger partial charge in [-0.15, -0.1) is 0 Å². The fourth-order valence-corrected chi connectivity index (χ4v) is 1.18. The molecule has 82 valence electrons. The van der Waals surface area contributed by atoms with Crippen molar-refractivity contribution in [2.75, 3.05) is 0 Å². The average Bonchev–Trinajstić information content (AvgIpc) is 2.18. The van der Waals surface area contributed by atoms with E-state index in [0.29, 0.717) is 6.54 Å². The number of benzene rings is 1. The largest absolute Gasteiger partial charge is 0.335 e. The number of rotatable bonds is 3. The number of nitrogens with one attached hydrogen (secondary N) is 1. The van der Waals surface area contributed by atoms with E-state index in [2.05, 4.69) is 5.32 Å². The summed E-state index contributed by atoms with van der Waals surface area (Å²) in [6, 6.07) is 9.48. The molecule has 1 aromatic carbocycles. The SMILES string of the molecule is CC(C)NC(=O)N(N)Cc1ccccc1. The number of carbonyl (C=O) groups excluding carboxylic acids is 1. The first-order valence-electron chi connectivity index (χ1n) is 4.96. The van der Waals surface area contributed by atoms with Crippen LogP contribution in [0.15, 0.2) is 30.3 Å². The van der Waals surface area contributed by atoms with E-state index in [1.54, 1.807) is 0 Å². The number of hydrogen-bond acceptors (Lipinski definition) is 2. The lowest BCUT2D eigenvalue weighted by molar-refractivity contribution is 0.193. The van der Waals surface area contributed by atoms with Gasteiger partial charge in [0.2, 0.25) is 0 Å². The lowest BCUT2D eigenvalue weighted by atomic mass is 10.2. The highest BCUT2D eigenvalue weighted by Crippen LogP contribution is 2.01. The minimum atomic E-state index is -0.256. The number of hydrogen-bond donors (Lipinski definition) is 2. The van der Waals surface area contributed by atoms with Crippen molar-refractivity contribution in [3.8, 4) is 0 Å². The summed E-state index contributed by atoms with van der Waals surface area (Å²) >= 11 is 0. The molecule has 0 aliphatic carbocycles. The van der Waals surface area contributed by atoms with Crippen LogP contribution >= 0.6 is 0 Å². The molecule has 0 aromatic heterocycles. The third-order valence-corrected chi connectivity index (χ3v) is 1.87. The quantitative estimate of drug-likeness (QED) is 0.448. The van der Waals surface area contributed by atoms with E-state index in [1.807, 2.05) is 44.2 Å². The smallest absolute Gasteiger partial charge is 0.332 e. The zero-order valence-corrected chi connectivity index (χ0v) is 9.10. The van der Waals surface area contributed by atoms with Crippen molar-refractivity contribution in [2.45, 2.75) is 26.4 Å². The zero-order chi connectivity index (χ0) is 11.3. The van der Waals surface area contributed by atoms with Crippen molar-refractivity contribution < 1.29 is 4.79 Å². The summed E-state index contributed by atoms with van der Waals surface area (Å²) in [6.45, 7) is 4.21. The Morgan fingerprint density at radius 1 is 1.40 bits per heavy atom. The van der Waals surface area contributed by atoms with E-state index in [1.165, 1.54) is 5.01 Å². The summed E-state index contributed by atoms with van der Waals surface area (Å²) in [5.41, 5.74) is 1.01. The molecule has 2 amide bonds. The average molecular weight is 207 g/mol. The number of urea groups is 1. The third kappa shape index (κ3) is 3.99. The summed E-state index contributed by atoms with van der Waals surface area (Å²) in [6.07, 6.45) is 0. The molecule has 1 aromatic rings. The van der Waals surface area contributed by atoms with Crippen LogP contribution in [0, 0.1) is 0 Å². The summed E-state index contributed by atoms with van der Waals surface area (Å²) in [5, 5.41) is 3.90. The number of amides is 2. The van der Waals surface area contributed by atoms with Crippen molar-refractivity contribution in [1.29, 1.82) is 0 Å². The summed E-state index contributed by atoms with van der Waals surface area (Å²) in [5.74, 6) is 5.62. The minimum Gasteiger partial charge on any atom is -0.335 e. The van der Waals surface area contributed by atoms with E-state index in [4.69, 9.17) is 5.84 Å². The normalized spacial score (nSPS) is 10.1. The Bertz CT molecular complexity index is 311. The Morgan fingerprint density at radius 3 is 2.53 bits per heavy atom. The molecule has 4 nitrogen and oxygen atoms in total. The second-order valence-electron chi connectivity index (χ2n) is 3.72. The summed E-state index contributed by atoms with van der Waals surface area (Å²) in [7, 11) is 0. The van der Waals surface area contributed by atoms with Gasteiger partial charge in [0.1, 0.15) is 0 Å². The van der Waals surface area contributed by atoms with Crippen molar-refractivity contribution >= 4 is 6.03 Å². The Labute approximate surface area is 90.0 Å². The molecule has 0 saturated heterocycles. The molecule has 0 heterocycles. The molecule has 0 spiro atoms. The van der Waals surface area contributed by atoms with Gasteiger partial charge in [-0.05, 0) is 19.4 Å². The van der Waals surface area contributed by atoms with Crippen molar-refractivity contribution in [3.63, 3.8) is 0 Å². The number of hydrazine groups is 1. The molecule has 0 saturated carbocycles. The van der Waals surface area contributed by atoms with Crippen LogP contribution in [0.2, 0.25) is 0 Å². The van der Waals surface area contributed by atoms with Crippen LogP contribution in [0.1, 0.15) is 19.4 Å². The molecule has 0 atom stereocenters. The first-order chi connectivity index (χ1) is 7.09. The van der Waals surface area contributed by atoms with E-state index in [0.717, 1.165) is 5.56 Å². The fraction of sp³-hybridized carbons (Fsp3) is 0.364. The first kappa shape index (κ1) is 11.5. The van der Waals surface area contributed by atoms with Crippen LogP contribution in [0.25, 0.3) is 0 Å². The van der Waals surface area contributed by atoms with Gasteiger partial charge in [0.15, 0.2) is 0 Å². The van der Waals surface area contributed by atoms with Crippen LogP contribution in [0.4, 0.5) is 4.79 Å². The van der Waals surface area contributed by atoms with E-state index < -0.39 is 0 Å². The van der Waals surface area contributed by atoms with Crippen LogP contribution in [-0.4, -0.2) is 17.1 Å². The van der Waals surface area contributed by atoms with Crippen LogP contribution in [0.5, 0.6) is 0 Å². The molecule has 0 fully saturated rings. The highest BCUT2D eigenvalue weighted by Gasteiger charge is 2.09. The summed E-state index contributed by atoms with van der Waals surface area (Å²) in [4.78, 5) is 11.4. The Hall–Kier alpha value is -1.55. The second kappa shape index (κ2) is 5.36. The Kier molecular flexibility index (Phi) is 4.12. The van der Waals surface area contributed by atoms with E-state index in [9.17, 15) is 4.79 Å². The molecule has 4 heteroatoms. The maximum absolute atomic E-state index is 11.4. The molecule has 3 N–H and O–H groups in total. The Morgan fingerprint density at radius 2 is 2.00 bits per heavy atom. The molecular formula is C11H17N3O. The molecule has 15 heavy (non-hydrogen) atoms. The van der Waals surface area contributed by atoms with Crippen LogP contribution < -0.4 is 11.2 Å². The van der Waals surface area contributed by atoms with Crippen LogP contribution in [-0.2, 0) is 6.54 Å². The van der Waals surface area contributed by atoms with Gasteiger partial charge in [-0.2, -0.15) is 0 Å². The van der Waals surface area contributed by atoms with Gasteiger partial charge in [0, 0.05) is 6.04 Å². The molecule has 0 radical (unpaired) electrons. The lowest BCUT2D eigenvalue weighted by Gasteiger charge is -2.19. The highest BCUT2D eigenvalue weighted by atomic mass is 16.2. The third-order valence-electron chi connectivity index (χ3n) is 1.87. The van der Waals surface area contributed by atoms with Crippen molar-refractivity contribution in [3.05, 3.63) is 35.9 Å². The predicted molar refractivity (Wildman–Crippen MR) is 59.8 cm³/mol. The van der Waals surface area contributed by atoms with E-state index in [-0.39, 0.29) is 12.1 Å². The van der Waals surface area contributed by atoms with Crippen molar-refractivity contribution in [2.24, 2.45) is 5.84 Å². The lowest BCUT2D eigenvalue weighted by Crippen LogP contribution is -2.46. The highest BCUT2D eigenvalue weighted by molar-refractivity contribution is 5.73. The number of nitrogens with zero attached hydrogens (tertiary/aromatic N) is 1. The monoisotopic (exact) mass is 207 g/mol. The molecule has 0 unspecified atom stereocenters. The Balaban J connectivity index is 2.49. The van der Waals surface area contributed by atoms with Gasteiger partial charge in [-0.25, -0.2) is 10.6 Å². The number of nitrogens with two attached hydrogens (primary N) is 1. The maximum atomic E-state index is 11.4. The molecular weight excluding hydrogens is 190 g/mol. The minimum absolute atomic E-state index is 0.0966. The van der Waals surface area contributed by atoms with Gasteiger partial charge in [-0.3, -0.25) is 5.01 Å². The second-order valence-corrected chi connectivity index (χ2v) is 3.72. The predicted octanol–water partition coefficient (Wildman–Crippen LogP) is 1.48. The number of carbonyl (C=O) groups is 1. The fourth-order valence-electron chi connectivity index (χ4n) is 1.18. The topological polar surface area (TPSA) is 58.4 Å². The van der Waals surface area contributed by atoms with Crippen LogP contribution in [0.3, 0.4) is 0 Å². The maximum Gasteiger partial charge on any atom is 0.332 e. The van der Waals surface area contributed by atoms with Gasteiger partial charge >= 0.3 is 6.03 Å². The van der Waals surface area contributed by atoms with Gasteiger partial charge in [0.05, 0.1) is 6.54 Å². The van der Waals surface area contributed by atoms with Gasteiger partial charge < -0.3 is 5.32 Å². The first-order valence-corrected chi connectivity index (χ1v) is 4.96. The molecule has 0 aliphatic heterocycles. The molecule has 0 aliphatic rings. The van der Waals surface area contributed by atoms with E-state index >= 15 is 0 Å². The summed E-state index contributed by atoms with van der Waals surface area (Å²) < 4.78 is 0.